The van der Waals surface area contributed by atoms with Crippen molar-refractivity contribution in [3.8, 4) is 0 Å². The van der Waals surface area contributed by atoms with E-state index in [4.69, 9.17) is 4.74 Å². The minimum atomic E-state index is 0.00140. The molecule has 146 valence electrons. The molecular weight excluding hydrogens is 338 g/mol. The lowest BCUT2D eigenvalue weighted by atomic mass is 9.48. The molecule has 5 aliphatic carbocycles. The average molecular weight is 370 g/mol. The van der Waals surface area contributed by atoms with Crippen LogP contribution in [0.3, 0.4) is 0 Å². The van der Waals surface area contributed by atoms with E-state index in [1.807, 2.05) is 0 Å². The molecule has 4 fully saturated rings. The molecule has 1 aliphatic heterocycles. The van der Waals surface area contributed by atoms with E-state index in [1.54, 1.807) is 0 Å². The van der Waals surface area contributed by atoms with Gasteiger partial charge in [0, 0.05) is 17.9 Å². The Bertz CT molecular complexity index is 757. The highest BCUT2D eigenvalue weighted by molar-refractivity contribution is 5.96. The lowest BCUT2D eigenvalue weighted by Crippen LogP contribution is -2.55. The second-order valence-electron chi connectivity index (χ2n) is 10.3. The van der Waals surface area contributed by atoms with Gasteiger partial charge in [-0.05, 0) is 80.1 Å². The Morgan fingerprint density at radius 2 is 2.11 bits per heavy atom. The van der Waals surface area contributed by atoms with Crippen molar-refractivity contribution in [2.45, 2.75) is 51.0 Å². The monoisotopic (exact) mass is 369 g/mol. The van der Waals surface area contributed by atoms with Crippen molar-refractivity contribution >= 4 is 5.71 Å². The number of aliphatic hydroxyl groups is 1. The Labute approximate surface area is 161 Å². The van der Waals surface area contributed by atoms with Crippen LogP contribution < -0.4 is 0 Å². The van der Waals surface area contributed by atoms with E-state index in [0.29, 0.717) is 11.8 Å². The summed E-state index contributed by atoms with van der Waals surface area (Å²) in [7, 11) is 0. The van der Waals surface area contributed by atoms with Gasteiger partial charge in [0.05, 0.1) is 17.9 Å². The molecule has 0 unspecified atom stereocenters. The lowest BCUT2D eigenvalue weighted by Gasteiger charge is -2.58. The van der Waals surface area contributed by atoms with Gasteiger partial charge in [-0.1, -0.05) is 29.8 Å². The quantitative estimate of drug-likeness (QED) is 0.420. The molecule has 9 atom stereocenters. The number of aliphatic hydroxyl groups excluding tert-OH is 1. The first-order valence-corrected chi connectivity index (χ1v) is 11.0. The molecule has 2 N–H and O–H groups in total. The molecule has 0 aromatic carbocycles. The van der Waals surface area contributed by atoms with Crippen molar-refractivity contribution in [3.05, 3.63) is 23.8 Å². The van der Waals surface area contributed by atoms with Gasteiger partial charge < -0.3 is 15.1 Å². The van der Waals surface area contributed by atoms with Gasteiger partial charge in [0.2, 0.25) is 0 Å². The van der Waals surface area contributed by atoms with Gasteiger partial charge in [-0.25, -0.2) is 0 Å². The number of oxime groups is 1. The van der Waals surface area contributed by atoms with Crippen LogP contribution in [-0.4, -0.2) is 34.8 Å². The molecule has 0 saturated heterocycles. The van der Waals surface area contributed by atoms with E-state index < -0.39 is 0 Å². The van der Waals surface area contributed by atoms with Crippen molar-refractivity contribution in [2.24, 2.45) is 52.0 Å². The second kappa shape index (κ2) is 5.48. The summed E-state index contributed by atoms with van der Waals surface area (Å²) in [6, 6.07) is 0. The number of fused-ring (bicyclic) bond motifs is 9. The third kappa shape index (κ3) is 1.94. The molecule has 6 rings (SSSR count). The SMILES string of the molecule is C[C@]12CC[C@H]3[C@@H](C[C@H](CO)C4=C/C(=N\O)CC[C@@H]43)[C@@H]1[C@H]1C[C@H]1[C@@]21C=CCO1. The number of ether oxygens (including phenoxy) is 1. The molecular formula is C23H31NO3. The summed E-state index contributed by atoms with van der Waals surface area (Å²) in [4.78, 5) is 0. The highest BCUT2D eigenvalue weighted by atomic mass is 16.5. The van der Waals surface area contributed by atoms with Gasteiger partial charge in [0.1, 0.15) is 0 Å². The molecule has 4 saturated carbocycles. The van der Waals surface area contributed by atoms with Crippen LogP contribution in [0.25, 0.3) is 0 Å². The van der Waals surface area contributed by atoms with E-state index in [9.17, 15) is 10.3 Å². The van der Waals surface area contributed by atoms with Crippen LogP contribution in [0.2, 0.25) is 0 Å². The lowest BCUT2D eigenvalue weighted by molar-refractivity contribution is -0.134. The van der Waals surface area contributed by atoms with Crippen LogP contribution >= 0.6 is 0 Å². The van der Waals surface area contributed by atoms with E-state index in [2.05, 4.69) is 30.3 Å². The molecule has 0 amide bonds. The Kier molecular flexibility index (Phi) is 3.41. The van der Waals surface area contributed by atoms with Gasteiger partial charge in [-0.15, -0.1) is 0 Å². The van der Waals surface area contributed by atoms with Crippen LogP contribution in [0.4, 0.5) is 0 Å². The molecule has 4 heteroatoms. The van der Waals surface area contributed by atoms with Crippen molar-refractivity contribution in [3.63, 3.8) is 0 Å². The molecule has 0 aromatic heterocycles. The van der Waals surface area contributed by atoms with Crippen molar-refractivity contribution in [1.82, 2.24) is 0 Å². The van der Waals surface area contributed by atoms with Crippen LogP contribution in [0.5, 0.6) is 0 Å². The Balaban J connectivity index is 1.39. The maximum atomic E-state index is 10.2. The van der Waals surface area contributed by atoms with E-state index in [1.165, 1.54) is 24.8 Å². The molecule has 27 heavy (non-hydrogen) atoms. The Morgan fingerprint density at radius 1 is 1.22 bits per heavy atom. The van der Waals surface area contributed by atoms with Crippen LogP contribution in [0.1, 0.15) is 45.4 Å². The van der Waals surface area contributed by atoms with E-state index in [-0.39, 0.29) is 23.5 Å². The average Bonchev–Trinajstić information content (AvgIpc) is 3.25. The third-order valence-corrected chi connectivity index (χ3v) is 9.64. The standard InChI is InChI=1S/C23H31NO3/c1-22-7-5-16-15-4-3-14(24-26)10-17(15)13(12-25)9-18(16)21(22)19-11-20(19)23(22)6-2-8-27-23/h2,6,10,13,15-16,18-21,25-26H,3-5,7-9,11-12H2,1H3/b24-14-/t13-,15-,16-,18-,19+,20-,21-,22+,23+/m1/s1. The van der Waals surface area contributed by atoms with Gasteiger partial charge in [0.15, 0.2) is 0 Å². The molecule has 6 aliphatic rings. The Morgan fingerprint density at radius 3 is 2.85 bits per heavy atom. The predicted octanol–water partition coefficient (Wildman–Crippen LogP) is 3.79. The summed E-state index contributed by atoms with van der Waals surface area (Å²) >= 11 is 0. The first-order chi connectivity index (χ1) is 13.1. The normalized spacial score (nSPS) is 56.4. The summed E-state index contributed by atoms with van der Waals surface area (Å²) in [6.07, 6.45) is 13.7. The number of hydrogen-bond donors (Lipinski definition) is 2. The van der Waals surface area contributed by atoms with Gasteiger partial charge in [-0.2, -0.15) is 0 Å². The van der Waals surface area contributed by atoms with E-state index in [0.717, 1.165) is 55.3 Å². The third-order valence-electron chi connectivity index (χ3n) is 9.64. The highest BCUT2D eigenvalue weighted by Gasteiger charge is 2.76. The van der Waals surface area contributed by atoms with Crippen molar-refractivity contribution < 1.29 is 15.1 Å². The number of nitrogens with zero attached hydrogens (tertiary/aromatic N) is 1. The second-order valence-corrected chi connectivity index (χ2v) is 10.3. The largest absolute Gasteiger partial charge is 0.411 e. The van der Waals surface area contributed by atoms with Gasteiger partial charge in [-0.3, -0.25) is 0 Å². The fraction of sp³-hybridized carbons (Fsp3) is 0.783. The van der Waals surface area contributed by atoms with Crippen LogP contribution in [0.15, 0.2) is 29.0 Å². The first-order valence-electron chi connectivity index (χ1n) is 11.0. The zero-order valence-electron chi connectivity index (χ0n) is 16.2. The molecule has 0 bridgehead atoms. The van der Waals surface area contributed by atoms with Gasteiger partial charge >= 0.3 is 0 Å². The molecule has 1 spiro atoms. The predicted molar refractivity (Wildman–Crippen MR) is 102 cm³/mol. The molecule has 1 heterocycles. The van der Waals surface area contributed by atoms with E-state index >= 15 is 0 Å². The summed E-state index contributed by atoms with van der Waals surface area (Å²) in [5, 5.41) is 22.9. The number of allylic oxidation sites excluding steroid dienone is 1. The topological polar surface area (TPSA) is 62.1 Å². The summed E-state index contributed by atoms with van der Waals surface area (Å²) in [5.74, 6) is 4.56. The summed E-state index contributed by atoms with van der Waals surface area (Å²) in [6.45, 7) is 3.54. The van der Waals surface area contributed by atoms with Crippen molar-refractivity contribution in [1.29, 1.82) is 0 Å². The summed E-state index contributed by atoms with van der Waals surface area (Å²) in [5.41, 5.74) is 2.44. The maximum absolute atomic E-state index is 10.2. The van der Waals surface area contributed by atoms with Gasteiger partial charge in [0.25, 0.3) is 0 Å². The van der Waals surface area contributed by atoms with Crippen LogP contribution in [0, 0.1) is 46.8 Å². The fourth-order valence-corrected chi connectivity index (χ4v) is 8.67. The molecule has 0 aromatic rings. The zero-order valence-corrected chi connectivity index (χ0v) is 16.2. The number of hydrogen-bond acceptors (Lipinski definition) is 4. The zero-order chi connectivity index (χ0) is 18.4. The van der Waals surface area contributed by atoms with Crippen LogP contribution in [-0.2, 0) is 4.74 Å². The van der Waals surface area contributed by atoms with Crippen molar-refractivity contribution in [2.75, 3.05) is 13.2 Å². The molecule has 0 radical (unpaired) electrons. The minimum absolute atomic E-state index is 0.00140. The Hall–Kier alpha value is -1.13. The number of rotatable bonds is 1. The smallest absolute Gasteiger partial charge is 0.0954 e. The fourth-order valence-electron chi connectivity index (χ4n) is 8.67. The maximum Gasteiger partial charge on any atom is 0.0954 e. The summed E-state index contributed by atoms with van der Waals surface area (Å²) < 4.78 is 6.48. The minimum Gasteiger partial charge on any atom is -0.411 e. The first kappa shape index (κ1) is 16.8. The highest BCUT2D eigenvalue weighted by Crippen LogP contribution is 2.77. The molecule has 4 nitrogen and oxygen atoms in total.